The van der Waals surface area contributed by atoms with Gasteiger partial charge in [-0.1, -0.05) is 63.1 Å². The quantitative estimate of drug-likeness (QED) is 0.523. The van der Waals surface area contributed by atoms with Crippen LogP contribution in [-0.2, 0) is 0 Å². The molecule has 3 heteroatoms. The molecule has 2 aromatic rings. The first-order chi connectivity index (χ1) is 12.2. The molecule has 2 N–H and O–H groups in total. The second kappa shape index (κ2) is 10.4. The van der Waals surface area contributed by atoms with Crippen molar-refractivity contribution in [2.75, 3.05) is 11.5 Å². The van der Waals surface area contributed by atoms with Gasteiger partial charge in [0.2, 0.25) is 0 Å². The Bertz CT molecular complexity index is 586. The maximum Gasteiger partial charge on any atom is 0.119 e. The molecule has 2 unspecified atom stereocenters. The number of para-hydroxylation sites is 2. The summed E-state index contributed by atoms with van der Waals surface area (Å²) in [7, 11) is 0. The van der Waals surface area contributed by atoms with E-state index in [4.69, 9.17) is 0 Å². The van der Waals surface area contributed by atoms with Gasteiger partial charge in [0, 0.05) is 11.5 Å². The van der Waals surface area contributed by atoms with Crippen molar-refractivity contribution < 1.29 is 10.2 Å². The Kier molecular flexibility index (Phi) is 8.20. The van der Waals surface area contributed by atoms with Crippen LogP contribution in [0.15, 0.2) is 48.5 Å². The number of rotatable bonds is 10. The standard InChI is InChI=1S/C22H30O2S/c1-3-9-17(19-11-5-7-13-21(19)23)15-25-16-18(10-4-2)20-12-6-8-14-22(20)24/h5-8,11-14,17-18,23-24H,3-4,9-10,15-16H2,1-2H3. The SMILES string of the molecule is CCCC(CSCC(CCC)c1ccccc1O)c1ccccc1O. The number of benzene rings is 2. The Labute approximate surface area is 156 Å². The van der Waals surface area contributed by atoms with Crippen molar-refractivity contribution in [3.63, 3.8) is 0 Å². The van der Waals surface area contributed by atoms with Crippen LogP contribution in [0.5, 0.6) is 11.5 Å². The van der Waals surface area contributed by atoms with Crippen LogP contribution in [0.4, 0.5) is 0 Å². The first-order valence-corrected chi connectivity index (χ1v) is 10.5. The summed E-state index contributed by atoms with van der Waals surface area (Å²) in [6.07, 6.45) is 4.38. The van der Waals surface area contributed by atoms with Gasteiger partial charge in [0.15, 0.2) is 0 Å². The van der Waals surface area contributed by atoms with E-state index in [9.17, 15) is 10.2 Å². The van der Waals surface area contributed by atoms with Gasteiger partial charge in [-0.2, -0.15) is 11.8 Å². The first kappa shape index (κ1) is 19.7. The Morgan fingerprint density at radius 2 is 1.12 bits per heavy atom. The highest BCUT2D eigenvalue weighted by atomic mass is 32.2. The lowest BCUT2D eigenvalue weighted by atomic mass is 9.95. The van der Waals surface area contributed by atoms with Crippen molar-refractivity contribution in [2.45, 2.75) is 51.4 Å². The molecule has 0 heterocycles. The van der Waals surface area contributed by atoms with Crippen LogP contribution in [0.3, 0.4) is 0 Å². The monoisotopic (exact) mass is 358 g/mol. The molecule has 0 bridgehead atoms. The van der Waals surface area contributed by atoms with Crippen LogP contribution in [0.2, 0.25) is 0 Å². The first-order valence-electron chi connectivity index (χ1n) is 9.30. The van der Waals surface area contributed by atoms with Crippen LogP contribution < -0.4 is 0 Å². The van der Waals surface area contributed by atoms with Gasteiger partial charge in [0.25, 0.3) is 0 Å². The fraction of sp³-hybridized carbons (Fsp3) is 0.455. The van der Waals surface area contributed by atoms with E-state index in [-0.39, 0.29) is 0 Å². The number of hydrogen-bond acceptors (Lipinski definition) is 3. The van der Waals surface area contributed by atoms with E-state index >= 15 is 0 Å². The van der Waals surface area contributed by atoms with E-state index in [1.54, 1.807) is 12.1 Å². The number of thioether (sulfide) groups is 1. The molecule has 2 nitrogen and oxygen atoms in total. The molecular formula is C22H30O2S. The lowest BCUT2D eigenvalue weighted by Crippen LogP contribution is -2.07. The summed E-state index contributed by atoms with van der Waals surface area (Å²) >= 11 is 1.93. The molecule has 0 aliphatic carbocycles. The zero-order valence-electron chi connectivity index (χ0n) is 15.3. The van der Waals surface area contributed by atoms with Crippen molar-refractivity contribution >= 4 is 11.8 Å². The normalized spacial score (nSPS) is 13.5. The lowest BCUT2D eigenvalue weighted by Gasteiger charge is -2.21. The predicted octanol–water partition coefficient (Wildman–Crippen LogP) is 6.30. The Morgan fingerprint density at radius 1 is 0.720 bits per heavy atom. The minimum Gasteiger partial charge on any atom is -0.508 e. The molecule has 0 saturated carbocycles. The average molecular weight is 359 g/mol. The summed E-state index contributed by atoms with van der Waals surface area (Å²) in [6.45, 7) is 4.39. The lowest BCUT2D eigenvalue weighted by molar-refractivity contribution is 0.460. The molecule has 0 aliphatic rings. The number of phenols is 2. The van der Waals surface area contributed by atoms with Crippen LogP contribution in [0, 0.1) is 0 Å². The molecule has 2 rings (SSSR count). The van der Waals surface area contributed by atoms with Crippen molar-refractivity contribution in [3.05, 3.63) is 59.7 Å². The van der Waals surface area contributed by atoms with Gasteiger partial charge >= 0.3 is 0 Å². The van der Waals surface area contributed by atoms with Crippen LogP contribution in [0.1, 0.15) is 62.5 Å². The zero-order valence-corrected chi connectivity index (χ0v) is 16.1. The number of aromatic hydroxyl groups is 2. The molecule has 0 saturated heterocycles. The molecule has 136 valence electrons. The molecule has 25 heavy (non-hydrogen) atoms. The highest BCUT2D eigenvalue weighted by Gasteiger charge is 2.18. The molecule has 2 atom stereocenters. The predicted molar refractivity (Wildman–Crippen MR) is 109 cm³/mol. The Hall–Kier alpha value is -1.61. The van der Waals surface area contributed by atoms with Crippen LogP contribution >= 0.6 is 11.8 Å². The van der Waals surface area contributed by atoms with Crippen molar-refractivity contribution in [1.29, 1.82) is 0 Å². The smallest absolute Gasteiger partial charge is 0.119 e. The maximum atomic E-state index is 10.2. The van der Waals surface area contributed by atoms with Gasteiger partial charge in [-0.15, -0.1) is 0 Å². The van der Waals surface area contributed by atoms with E-state index in [1.165, 1.54) is 0 Å². The van der Waals surface area contributed by atoms with E-state index in [0.29, 0.717) is 23.3 Å². The summed E-state index contributed by atoms with van der Waals surface area (Å²) in [5.41, 5.74) is 2.12. The van der Waals surface area contributed by atoms with E-state index in [2.05, 4.69) is 13.8 Å². The van der Waals surface area contributed by atoms with Gasteiger partial charge in [0.05, 0.1) is 0 Å². The maximum absolute atomic E-state index is 10.2. The summed E-state index contributed by atoms with van der Waals surface area (Å²) in [5, 5.41) is 20.3. The Morgan fingerprint density at radius 3 is 1.48 bits per heavy atom. The fourth-order valence-electron chi connectivity index (χ4n) is 3.37. The number of phenolic OH excluding ortho intramolecular Hbond substituents is 2. The van der Waals surface area contributed by atoms with Gasteiger partial charge in [-0.05, 0) is 47.9 Å². The van der Waals surface area contributed by atoms with E-state index < -0.39 is 0 Å². The molecule has 0 aromatic heterocycles. The summed E-state index contributed by atoms with van der Waals surface area (Å²) in [5.74, 6) is 3.57. The molecule has 0 aliphatic heterocycles. The van der Waals surface area contributed by atoms with Crippen molar-refractivity contribution in [1.82, 2.24) is 0 Å². The zero-order chi connectivity index (χ0) is 18.1. The highest BCUT2D eigenvalue weighted by Crippen LogP contribution is 2.35. The fourth-order valence-corrected chi connectivity index (χ4v) is 4.77. The molecule has 0 spiro atoms. The van der Waals surface area contributed by atoms with Crippen LogP contribution in [-0.4, -0.2) is 21.7 Å². The van der Waals surface area contributed by atoms with Gasteiger partial charge in [-0.25, -0.2) is 0 Å². The number of hydrogen-bond donors (Lipinski definition) is 2. The van der Waals surface area contributed by atoms with Crippen molar-refractivity contribution in [3.8, 4) is 11.5 Å². The van der Waals surface area contributed by atoms with Gasteiger partial charge < -0.3 is 10.2 Å². The summed E-state index contributed by atoms with van der Waals surface area (Å²) in [4.78, 5) is 0. The summed E-state index contributed by atoms with van der Waals surface area (Å²) < 4.78 is 0. The molecule has 0 amide bonds. The molecular weight excluding hydrogens is 328 g/mol. The molecule has 0 radical (unpaired) electrons. The Balaban J connectivity index is 2.02. The van der Waals surface area contributed by atoms with Crippen molar-refractivity contribution in [2.24, 2.45) is 0 Å². The third-order valence-electron chi connectivity index (χ3n) is 4.67. The third-order valence-corrected chi connectivity index (χ3v) is 5.94. The second-order valence-corrected chi connectivity index (χ2v) is 7.70. The molecule has 0 fully saturated rings. The molecule has 2 aromatic carbocycles. The average Bonchev–Trinajstić information content (AvgIpc) is 2.61. The van der Waals surface area contributed by atoms with Gasteiger partial charge in [-0.3, -0.25) is 0 Å². The van der Waals surface area contributed by atoms with Crippen LogP contribution in [0.25, 0.3) is 0 Å². The van der Waals surface area contributed by atoms with E-state index in [0.717, 1.165) is 48.3 Å². The third kappa shape index (κ3) is 5.71. The van der Waals surface area contributed by atoms with E-state index in [1.807, 2.05) is 48.2 Å². The second-order valence-electron chi connectivity index (χ2n) is 6.63. The minimum absolute atomic E-state index is 0.378. The highest BCUT2D eigenvalue weighted by molar-refractivity contribution is 7.99. The summed E-state index contributed by atoms with van der Waals surface area (Å²) in [6, 6.07) is 15.4. The minimum atomic E-state index is 0.378. The van der Waals surface area contributed by atoms with Gasteiger partial charge in [0.1, 0.15) is 11.5 Å². The topological polar surface area (TPSA) is 40.5 Å². The largest absolute Gasteiger partial charge is 0.508 e.